The molecule has 6 bridgehead atoms. The predicted octanol–water partition coefficient (Wildman–Crippen LogP) is 16.4. The molecule has 8 aromatic carbocycles. The van der Waals surface area contributed by atoms with E-state index in [1.165, 1.54) is 121 Å². The van der Waals surface area contributed by atoms with E-state index in [-0.39, 0.29) is 5.41 Å². The molecule has 2 fully saturated rings. The first kappa shape index (κ1) is 39.0. The van der Waals surface area contributed by atoms with Crippen LogP contribution in [0.3, 0.4) is 0 Å². The van der Waals surface area contributed by atoms with Crippen LogP contribution < -0.4 is 9.80 Å². The minimum absolute atomic E-state index is 0.130. The molecule has 314 valence electrons. The van der Waals surface area contributed by atoms with E-state index in [0.29, 0.717) is 0 Å². The van der Waals surface area contributed by atoms with Crippen molar-refractivity contribution >= 4 is 34.1 Å². The zero-order valence-corrected chi connectivity index (χ0v) is 37.2. The van der Waals surface area contributed by atoms with E-state index >= 15 is 0 Å². The SMILES string of the molecule is CC1(C)c2ccccc2-c2cc(-c3ccccc3)c(N(c3ccccc3)c3cc4ccc3CCc3ccc(c(N(c5ccccc5)c5ccc(C6CC7CCC6C7)cc5)c3)CC4)cc21. The highest BCUT2D eigenvalue weighted by molar-refractivity contribution is 5.95. The molecule has 2 nitrogen and oxygen atoms in total. The average Bonchev–Trinajstić information content (AvgIpc) is 4.04. The number of rotatable bonds is 8. The van der Waals surface area contributed by atoms with Crippen molar-refractivity contribution in [3.63, 3.8) is 0 Å². The summed E-state index contributed by atoms with van der Waals surface area (Å²) in [4.78, 5) is 5.11. The van der Waals surface area contributed by atoms with Crippen molar-refractivity contribution in [1.82, 2.24) is 0 Å². The van der Waals surface area contributed by atoms with Crippen molar-refractivity contribution in [2.24, 2.45) is 11.8 Å². The van der Waals surface area contributed by atoms with E-state index in [2.05, 4.69) is 212 Å². The summed E-state index contributed by atoms with van der Waals surface area (Å²) in [7, 11) is 0. The second kappa shape index (κ2) is 15.9. The van der Waals surface area contributed by atoms with Crippen LogP contribution >= 0.6 is 0 Å². The molecule has 8 aromatic rings. The second-order valence-corrected chi connectivity index (χ2v) is 19.6. The molecule has 0 amide bonds. The van der Waals surface area contributed by atoms with E-state index in [4.69, 9.17) is 0 Å². The highest BCUT2D eigenvalue weighted by Crippen LogP contribution is 2.55. The van der Waals surface area contributed by atoms with Gasteiger partial charge in [-0.05, 0) is 179 Å². The first-order valence-electron chi connectivity index (χ1n) is 23.8. The maximum Gasteiger partial charge on any atom is 0.0543 e. The third-order valence-electron chi connectivity index (χ3n) is 15.5. The fourth-order valence-corrected chi connectivity index (χ4v) is 12.2. The van der Waals surface area contributed by atoms with Crippen LogP contribution in [0.1, 0.15) is 84.4 Å². The monoisotopic (exact) mass is 828 g/mol. The Hall–Kier alpha value is -6.64. The van der Waals surface area contributed by atoms with Gasteiger partial charge in [0.25, 0.3) is 0 Å². The summed E-state index contributed by atoms with van der Waals surface area (Å²) in [6, 6.07) is 71.5. The Morgan fingerprint density at radius 3 is 1.62 bits per heavy atom. The zero-order chi connectivity index (χ0) is 42.8. The van der Waals surface area contributed by atoms with E-state index in [9.17, 15) is 0 Å². The maximum absolute atomic E-state index is 2.58. The summed E-state index contributed by atoms with van der Waals surface area (Å²) in [5.74, 6) is 2.55. The van der Waals surface area contributed by atoms with E-state index < -0.39 is 0 Å². The van der Waals surface area contributed by atoms with E-state index in [0.717, 1.165) is 43.4 Å². The molecular formula is C62H56N2. The van der Waals surface area contributed by atoms with Gasteiger partial charge >= 0.3 is 0 Å². The molecule has 2 saturated carbocycles. The van der Waals surface area contributed by atoms with Gasteiger partial charge < -0.3 is 9.80 Å². The lowest BCUT2D eigenvalue weighted by molar-refractivity contribution is 0.420. The first-order valence-corrected chi connectivity index (χ1v) is 23.8. The first-order chi connectivity index (χ1) is 31.5. The lowest BCUT2D eigenvalue weighted by Gasteiger charge is -2.32. The predicted molar refractivity (Wildman–Crippen MR) is 268 cm³/mol. The van der Waals surface area contributed by atoms with Gasteiger partial charge in [0.1, 0.15) is 0 Å². The molecule has 2 heteroatoms. The number of fused-ring (bicyclic) bond motifs is 5. The molecule has 0 heterocycles. The quantitative estimate of drug-likeness (QED) is 0.151. The number of benzene rings is 8. The van der Waals surface area contributed by atoms with Gasteiger partial charge in [-0.1, -0.05) is 148 Å². The lowest BCUT2D eigenvalue weighted by Crippen LogP contribution is -2.18. The van der Waals surface area contributed by atoms with Gasteiger partial charge in [0.15, 0.2) is 0 Å². The van der Waals surface area contributed by atoms with Crippen LogP contribution in [-0.2, 0) is 31.1 Å². The average molecular weight is 829 g/mol. The Balaban J connectivity index is 0.960. The molecular weight excluding hydrogens is 773 g/mol. The fourth-order valence-electron chi connectivity index (χ4n) is 12.2. The van der Waals surface area contributed by atoms with Crippen molar-refractivity contribution in [1.29, 1.82) is 0 Å². The van der Waals surface area contributed by atoms with Gasteiger partial charge in [-0.15, -0.1) is 0 Å². The van der Waals surface area contributed by atoms with Gasteiger partial charge in [-0.3, -0.25) is 0 Å². The summed E-state index contributed by atoms with van der Waals surface area (Å²) < 4.78 is 0. The molecule has 15 rings (SSSR count). The molecule has 0 radical (unpaired) electrons. The van der Waals surface area contributed by atoms with Crippen molar-refractivity contribution in [2.75, 3.05) is 9.80 Å². The molecule has 0 N–H and O–H groups in total. The van der Waals surface area contributed by atoms with Gasteiger partial charge in [-0.25, -0.2) is 0 Å². The number of hydrogen-bond acceptors (Lipinski definition) is 2. The lowest BCUT2D eigenvalue weighted by atomic mass is 9.81. The fraction of sp³-hybridized carbons (Fsp3) is 0.226. The maximum atomic E-state index is 2.58. The third-order valence-corrected chi connectivity index (χ3v) is 15.5. The van der Waals surface area contributed by atoms with Gasteiger partial charge in [0.05, 0.1) is 5.69 Å². The Kier molecular flexibility index (Phi) is 9.66. The minimum Gasteiger partial charge on any atom is -0.310 e. The summed E-state index contributed by atoms with van der Waals surface area (Å²) in [6.07, 6.45) is 9.39. The second-order valence-electron chi connectivity index (χ2n) is 19.6. The molecule has 7 aliphatic carbocycles. The molecule has 3 atom stereocenters. The van der Waals surface area contributed by atoms with Crippen molar-refractivity contribution in [3.05, 3.63) is 227 Å². The Morgan fingerprint density at radius 2 is 1.00 bits per heavy atom. The number of hydrogen-bond donors (Lipinski definition) is 0. The highest BCUT2D eigenvalue weighted by Gasteiger charge is 2.40. The summed E-state index contributed by atoms with van der Waals surface area (Å²) >= 11 is 0. The van der Waals surface area contributed by atoms with Gasteiger partial charge in [0, 0.05) is 39.4 Å². The van der Waals surface area contributed by atoms with Crippen molar-refractivity contribution in [2.45, 2.75) is 76.5 Å². The largest absolute Gasteiger partial charge is 0.310 e. The number of aryl methyl sites for hydroxylation is 4. The highest BCUT2D eigenvalue weighted by atomic mass is 15.2. The third kappa shape index (κ3) is 6.78. The summed E-state index contributed by atoms with van der Waals surface area (Å²) in [5.41, 5.74) is 22.2. The van der Waals surface area contributed by atoms with Crippen LogP contribution in [0.2, 0.25) is 0 Å². The Bertz CT molecular complexity index is 2980. The van der Waals surface area contributed by atoms with Crippen LogP contribution in [0, 0.1) is 11.8 Å². The normalized spacial score (nSPS) is 18.9. The molecule has 7 aliphatic rings. The summed E-state index contributed by atoms with van der Waals surface area (Å²) in [6.45, 7) is 4.79. The topological polar surface area (TPSA) is 6.48 Å². The van der Waals surface area contributed by atoms with E-state index in [1.54, 1.807) is 0 Å². The molecule has 0 aromatic heterocycles. The molecule has 0 saturated heterocycles. The Labute approximate surface area is 379 Å². The zero-order valence-electron chi connectivity index (χ0n) is 37.2. The minimum atomic E-state index is -0.130. The molecule has 0 spiro atoms. The van der Waals surface area contributed by atoms with Gasteiger partial charge in [0.2, 0.25) is 0 Å². The van der Waals surface area contributed by atoms with Crippen LogP contribution in [0.4, 0.5) is 34.1 Å². The Morgan fingerprint density at radius 1 is 0.422 bits per heavy atom. The van der Waals surface area contributed by atoms with Crippen molar-refractivity contribution < 1.29 is 0 Å². The number of nitrogens with zero attached hydrogens (tertiary/aromatic N) is 2. The van der Waals surface area contributed by atoms with Crippen LogP contribution in [0.15, 0.2) is 188 Å². The number of para-hydroxylation sites is 2. The van der Waals surface area contributed by atoms with Crippen molar-refractivity contribution in [3.8, 4) is 22.3 Å². The smallest absolute Gasteiger partial charge is 0.0543 e. The molecule has 64 heavy (non-hydrogen) atoms. The molecule has 0 aliphatic heterocycles. The van der Waals surface area contributed by atoms with Crippen LogP contribution in [0.5, 0.6) is 0 Å². The number of anilines is 6. The van der Waals surface area contributed by atoms with E-state index in [1.807, 2.05) is 0 Å². The van der Waals surface area contributed by atoms with Crippen LogP contribution in [-0.4, -0.2) is 0 Å². The van der Waals surface area contributed by atoms with Crippen LogP contribution in [0.25, 0.3) is 22.3 Å². The molecule has 3 unspecified atom stereocenters. The summed E-state index contributed by atoms with van der Waals surface area (Å²) in [5, 5.41) is 0. The van der Waals surface area contributed by atoms with Gasteiger partial charge in [-0.2, -0.15) is 0 Å². The standard InChI is InChI=1S/C62H56N2/c1-62(2)57-21-13-12-20-53(57)56-40-55(45-14-6-3-7-15-45)61(41-58(56)62)64(51-18-10-5-11-19-51)60-39-43-23-28-47-27-22-42(24-29-48(60)30-25-43)38-59(47)63(50-16-8-4-9-17-50)52-34-32-46(33-35-52)54-37-44-26-31-49(54)36-44/h3-22,25,27,30,32-35,38-41,44,49,54H,23-24,26,28-29,31,36-37H2,1-2H3.